The third-order valence-corrected chi connectivity index (χ3v) is 4.00. The summed E-state index contributed by atoms with van der Waals surface area (Å²) in [6.07, 6.45) is 2.59. The minimum absolute atomic E-state index is 0.0126. The van der Waals surface area contributed by atoms with Crippen molar-refractivity contribution < 1.29 is 0 Å². The van der Waals surface area contributed by atoms with E-state index in [1.807, 2.05) is 17.5 Å². The van der Waals surface area contributed by atoms with Crippen LogP contribution < -0.4 is 5.73 Å². The summed E-state index contributed by atoms with van der Waals surface area (Å²) >= 11 is 9.00. The fraction of sp³-hybridized carbons (Fsp3) is 0.222. The summed E-state index contributed by atoms with van der Waals surface area (Å²) in [7, 11) is 0. The molecule has 0 bridgehead atoms. The topological polar surface area (TPSA) is 38.9 Å². The zero-order chi connectivity index (χ0) is 9.97. The number of thiazole rings is 1. The quantitative estimate of drug-likeness (QED) is 0.901. The van der Waals surface area contributed by atoms with Crippen LogP contribution in [0.2, 0.25) is 4.34 Å². The van der Waals surface area contributed by atoms with Crippen LogP contribution in [0.25, 0.3) is 0 Å². The van der Waals surface area contributed by atoms with Crippen LogP contribution in [0, 0.1) is 0 Å². The number of hydrogen-bond donors (Lipinski definition) is 1. The molecule has 2 aromatic heterocycles. The van der Waals surface area contributed by atoms with Crippen LogP contribution in [0.3, 0.4) is 0 Å². The van der Waals surface area contributed by atoms with Crippen LogP contribution in [-0.2, 0) is 6.42 Å². The van der Waals surface area contributed by atoms with Crippen molar-refractivity contribution in [2.45, 2.75) is 12.5 Å². The summed E-state index contributed by atoms with van der Waals surface area (Å²) in [6.45, 7) is 0. The molecule has 1 atom stereocenters. The second-order valence-electron chi connectivity index (χ2n) is 2.88. The first-order valence-corrected chi connectivity index (χ1v) is 6.22. The molecule has 2 nitrogen and oxygen atoms in total. The fourth-order valence-electron chi connectivity index (χ4n) is 1.17. The maximum absolute atomic E-state index is 6.02. The van der Waals surface area contributed by atoms with Gasteiger partial charge >= 0.3 is 0 Å². The van der Waals surface area contributed by atoms with Gasteiger partial charge in [-0.3, -0.25) is 0 Å². The third-order valence-electron chi connectivity index (χ3n) is 1.84. The highest BCUT2D eigenvalue weighted by molar-refractivity contribution is 7.16. The Labute approximate surface area is 95.4 Å². The molecule has 0 saturated carbocycles. The minimum Gasteiger partial charge on any atom is -0.323 e. The van der Waals surface area contributed by atoms with E-state index < -0.39 is 0 Å². The van der Waals surface area contributed by atoms with Gasteiger partial charge in [0.05, 0.1) is 9.34 Å². The standard InChI is InChI=1S/C9H9ClN2S2/c10-8-2-1-7(14-8)6(11)5-9-12-3-4-13-9/h1-4,6H,5,11H2. The molecule has 0 fully saturated rings. The molecule has 0 amide bonds. The smallest absolute Gasteiger partial charge is 0.0944 e. The van der Waals surface area contributed by atoms with Crippen molar-refractivity contribution in [2.75, 3.05) is 0 Å². The summed E-state index contributed by atoms with van der Waals surface area (Å²) in [5.41, 5.74) is 6.02. The molecular formula is C9H9ClN2S2. The monoisotopic (exact) mass is 244 g/mol. The van der Waals surface area contributed by atoms with Gasteiger partial charge in [-0.25, -0.2) is 4.98 Å². The van der Waals surface area contributed by atoms with Gasteiger partial charge in [-0.15, -0.1) is 22.7 Å². The zero-order valence-corrected chi connectivity index (χ0v) is 9.70. The minimum atomic E-state index is 0.0126. The predicted molar refractivity (Wildman–Crippen MR) is 62.1 cm³/mol. The molecule has 14 heavy (non-hydrogen) atoms. The van der Waals surface area contributed by atoms with Crippen molar-refractivity contribution in [3.8, 4) is 0 Å². The summed E-state index contributed by atoms with van der Waals surface area (Å²) in [4.78, 5) is 5.31. The number of aromatic nitrogens is 1. The summed E-state index contributed by atoms with van der Waals surface area (Å²) < 4.78 is 0.787. The molecule has 0 aliphatic heterocycles. The van der Waals surface area contributed by atoms with E-state index in [0.717, 1.165) is 20.6 Å². The Balaban J connectivity index is 2.06. The summed E-state index contributed by atoms with van der Waals surface area (Å²) in [6, 6.07) is 3.87. The van der Waals surface area contributed by atoms with Crippen LogP contribution in [0.15, 0.2) is 23.7 Å². The molecule has 2 rings (SSSR count). The molecule has 0 spiro atoms. The highest BCUT2D eigenvalue weighted by Gasteiger charge is 2.10. The van der Waals surface area contributed by atoms with Crippen LogP contribution in [0.4, 0.5) is 0 Å². The number of rotatable bonds is 3. The number of nitrogens with zero attached hydrogens (tertiary/aromatic N) is 1. The number of halogens is 1. The molecule has 0 aliphatic carbocycles. The lowest BCUT2D eigenvalue weighted by atomic mass is 10.2. The van der Waals surface area contributed by atoms with Crippen molar-refractivity contribution >= 4 is 34.3 Å². The number of nitrogens with two attached hydrogens (primary N) is 1. The van der Waals surface area contributed by atoms with Crippen LogP contribution in [-0.4, -0.2) is 4.98 Å². The van der Waals surface area contributed by atoms with E-state index in [1.54, 1.807) is 17.5 Å². The molecule has 2 heterocycles. The van der Waals surface area contributed by atoms with Gasteiger partial charge in [0.25, 0.3) is 0 Å². The van der Waals surface area contributed by atoms with E-state index in [0.29, 0.717) is 0 Å². The third kappa shape index (κ3) is 2.33. The van der Waals surface area contributed by atoms with E-state index in [1.165, 1.54) is 11.3 Å². The van der Waals surface area contributed by atoms with Gasteiger partial charge in [0, 0.05) is 28.9 Å². The Bertz CT molecular complexity index is 397. The molecule has 74 valence electrons. The van der Waals surface area contributed by atoms with Crippen molar-refractivity contribution in [3.05, 3.63) is 37.9 Å². The van der Waals surface area contributed by atoms with Gasteiger partial charge in [0.2, 0.25) is 0 Å². The average molecular weight is 245 g/mol. The van der Waals surface area contributed by atoms with Gasteiger partial charge in [-0.2, -0.15) is 0 Å². The van der Waals surface area contributed by atoms with E-state index in [2.05, 4.69) is 4.98 Å². The normalized spacial score (nSPS) is 13.0. The molecule has 2 N–H and O–H groups in total. The molecule has 0 saturated heterocycles. The van der Waals surface area contributed by atoms with E-state index in [9.17, 15) is 0 Å². The van der Waals surface area contributed by atoms with Crippen molar-refractivity contribution in [1.82, 2.24) is 4.98 Å². The first kappa shape index (κ1) is 10.1. The average Bonchev–Trinajstić information content (AvgIpc) is 2.75. The molecule has 2 aromatic rings. The second-order valence-corrected chi connectivity index (χ2v) is 5.60. The van der Waals surface area contributed by atoms with Gasteiger partial charge < -0.3 is 5.73 Å². The van der Waals surface area contributed by atoms with Crippen molar-refractivity contribution in [1.29, 1.82) is 0 Å². The Kier molecular flexibility index (Phi) is 3.18. The number of thiophene rings is 1. The second kappa shape index (κ2) is 4.40. The molecule has 0 aromatic carbocycles. The van der Waals surface area contributed by atoms with Gasteiger partial charge in [-0.1, -0.05) is 11.6 Å². The summed E-state index contributed by atoms with van der Waals surface area (Å²) in [5, 5.41) is 3.03. The lowest BCUT2D eigenvalue weighted by Crippen LogP contribution is -2.11. The summed E-state index contributed by atoms with van der Waals surface area (Å²) in [5.74, 6) is 0. The SMILES string of the molecule is NC(Cc1nccs1)c1ccc(Cl)s1. The fourth-order valence-corrected chi connectivity index (χ4v) is 2.91. The predicted octanol–water partition coefficient (Wildman–Crippen LogP) is 3.10. The van der Waals surface area contributed by atoms with Crippen LogP contribution in [0.1, 0.15) is 15.9 Å². The van der Waals surface area contributed by atoms with E-state index >= 15 is 0 Å². The zero-order valence-electron chi connectivity index (χ0n) is 7.31. The first-order valence-electron chi connectivity index (χ1n) is 4.15. The molecule has 5 heteroatoms. The number of hydrogen-bond acceptors (Lipinski definition) is 4. The lowest BCUT2D eigenvalue weighted by Gasteiger charge is -2.05. The molecule has 0 radical (unpaired) electrons. The lowest BCUT2D eigenvalue weighted by molar-refractivity contribution is 0.732. The van der Waals surface area contributed by atoms with Crippen molar-refractivity contribution in [2.24, 2.45) is 5.73 Å². The van der Waals surface area contributed by atoms with Gasteiger partial charge in [-0.05, 0) is 12.1 Å². The van der Waals surface area contributed by atoms with Gasteiger partial charge in [0.1, 0.15) is 0 Å². The Morgan fingerprint density at radius 1 is 1.50 bits per heavy atom. The maximum Gasteiger partial charge on any atom is 0.0944 e. The largest absolute Gasteiger partial charge is 0.323 e. The van der Waals surface area contributed by atoms with Crippen LogP contribution in [0.5, 0.6) is 0 Å². The van der Waals surface area contributed by atoms with E-state index in [4.69, 9.17) is 17.3 Å². The Morgan fingerprint density at radius 2 is 2.36 bits per heavy atom. The van der Waals surface area contributed by atoms with Crippen molar-refractivity contribution in [3.63, 3.8) is 0 Å². The maximum atomic E-state index is 6.02. The van der Waals surface area contributed by atoms with Crippen LogP contribution >= 0.6 is 34.3 Å². The van der Waals surface area contributed by atoms with E-state index in [-0.39, 0.29) is 6.04 Å². The Morgan fingerprint density at radius 3 is 2.93 bits per heavy atom. The molecular weight excluding hydrogens is 236 g/mol. The van der Waals surface area contributed by atoms with Gasteiger partial charge in [0.15, 0.2) is 0 Å². The molecule has 1 unspecified atom stereocenters. The highest BCUT2D eigenvalue weighted by atomic mass is 35.5. The highest BCUT2D eigenvalue weighted by Crippen LogP contribution is 2.27. The Hall–Kier alpha value is -0.420. The first-order chi connectivity index (χ1) is 6.75. The molecule has 0 aliphatic rings.